The second-order valence-electron chi connectivity index (χ2n) is 5.08. The van der Waals surface area contributed by atoms with Crippen molar-refractivity contribution in [3.8, 4) is 5.75 Å². The zero-order valence-corrected chi connectivity index (χ0v) is 11.8. The first-order valence-electron chi connectivity index (χ1n) is 6.98. The molecule has 1 aliphatic heterocycles. The van der Waals surface area contributed by atoms with Gasteiger partial charge in [0, 0.05) is 32.6 Å². The lowest BCUT2D eigenvalue weighted by molar-refractivity contribution is -0.128. The summed E-state index contributed by atoms with van der Waals surface area (Å²) in [5.74, 6) is 0.987. The van der Waals surface area contributed by atoms with Gasteiger partial charge in [0.05, 0.1) is 13.2 Å². The van der Waals surface area contributed by atoms with Crippen molar-refractivity contribution >= 4 is 5.91 Å². The van der Waals surface area contributed by atoms with Crippen LogP contribution >= 0.6 is 0 Å². The van der Waals surface area contributed by atoms with E-state index in [1.54, 1.807) is 12.0 Å². The van der Waals surface area contributed by atoms with Gasteiger partial charge in [0.15, 0.2) is 0 Å². The summed E-state index contributed by atoms with van der Waals surface area (Å²) in [6.45, 7) is 2.37. The number of likely N-dealkylation sites (tertiary alicyclic amines) is 1. The molecule has 1 aromatic carbocycles. The van der Waals surface area contributed by atoms with Crippen molar-refractivity contribution in [1.29, 1.82) is 0 Å². The molecule has 1 heterocycles. The second kappa shape index (κ2) is 7.26. The zero-order chi connectivity index (χ0) is 14.4. The van der Waals surface area contributed by atoms with E-state index in [-0.39, 0.29) is 5.91 Å². The third-order valence-corrected chi connectivity index (χ3v) is 3.47. The van der Waals surface area contributed by atoms with E-state index < -0.39 is 6.10 Å². The largest absolute Gasteiger partial charge is 0.497 e. The monoisotopic (exact) mass is 278 g/mol. The predicted molar refractivity (Wildman–Crippen MR) is 76.5 cm³/mol. The molecule has 1 atom stereocenters. The number of amides is 1. The number of β-amino-alcohol motifs (C(OH)–C–C–N with tert-alkyl or cyclic N) is 1. The van der Waals surface area contributed by atoms with Gasteiger partial charge in [0.25, 0.3) is 0 Å². The molecule has 2 rings (SSSR count). The minimum atomic E-state index is -0.518. The van der Waals surface area contributed by atoms with E-state index in [1.165, 1.54) is 0 Å². The van der Waals surface area contributed by atoms with E-state index in [0.717, 1.165) is 24.3 Å². The van der Waals surface area contributed by atoms with Gasteiger partial charge in [-0.25, -0.2) is 0 Å². The fraction of sp³-hybridized carbons (Fsp3) is 0.533. The normalized spacial score (nSPS) is 16.5. The van der Waals surface area contributed by atoms with Crippen LogP contribution in [0.15, 0.2) is 24.3 Å². The van der Waals surface area contributed by atoms with Crippen LogP contribution in [0.4, 0.5) is 0 Å². The lowest BCUT2D eigenvalue weighted by Crippen LogP contribution is -2.38. The van der Waals surface area contributed by atoms with E-state index in [9.17, 15) is 9.90 Å². The molecule has 20 heavy (non-hydrogen) atoms. The van der Waals surface area contributed by atoms with Gasteiger partial charge in [-0.2, -0.15) is 0 Å². The van der Waals surface area contributed by atoms with E-state index in [1.807, 2.05) is 24.3 Å². The van der Waals surface area contributed by atoms with Crippen LogP contribution in [0.2, 0.25) is 0 Å². The number of aliphatic hydroxyl groups excluding tert-OH is 1. The Hall–Kier alpha value is -1.59. The molecule has 0 saturated carbocycles. The highest BCUT2D eigenvalue weighted by Gasteiger charge is 2.22. The van der Waals surface area contributed by atoms with Crippen molar-refractivity contribution < 1.29 is 14.6 Å². The number of rotatable bonds is 7. The Bertz CT molecular complexity index is 433. The number of methoxy groups -OCH3 is 1. The Balaban J connectivity index is 1.67. The average Bonchev–Trinajstić information content (AvgIpc) is 2.85. The summed E-state index contributed by atoms with van der Waals surface area (Å²) in [5.41, 5.74) is 1.13. The fourth-order valence-corrected chi connectivity index (χ4v) is 2.34. The van der Waals surface area contributed by atoms with E-state index >= 15 is 0 Å². The first-order valence-corrected chi connectivity index (χ1v) is 6.98. The summed E-state index contributed by atoms with van der Waals surface area (Å²) in [4.78, 5) is 13.2. The Labute approximate surface area is 119 Å². The van der Waals surface area contributed by atoms with E-state index in [0.29, 0.717) is 26.1 Å². The van der Waals surface area contributed by atoms with E-state index in [2.05, 4.69) is 5.32 Å². The molecule has 0 bridgehead atoms. The first kappa shape index (κ1) is 14.8. The molecular formula is C15H22N2O3. The standard InChI is InChI=1S/C15H22N2O3/c1-20-14-6-4-12(5-7-14)9-16-10-13(18)11-17-8-2-3-15(17)19/h4-7,13,16,18H,2-3,8-11H2,1H3. The Kier molecular flexibility index (Phi) is 5.38. The van der Waals surface area contributed by atoms with Crippen LogP contribution in [0.25, 0.3) is 0 Å². The first-order chi connectivity index (χ1) is 9.69. The van der Waals surface area contributed by atoms with Gasteiger partial charge < -0.3 is 20.1 Å². The van der Waals surface area contributed by atoms with Gasteiger partial charge in [-0.1, -0.05) is 12.1 Å². The molecule has 0 aliphatic carbocycles. The highest BCUT2D eigenvalue weighted by molar-refractivity contribution is 5.78. The molecule has 1 fully saturated rings. The van der Waals surface area contributed by atoms with Crippen molar-refractivity contribution in [2.75, 3.05) is 26.7 Å². The summed E-state index contributed by atoms with van der Waals surface area (Å²) >= 11 is 0. The topological polar surface area (TPSA) is 61.8 Å². The predicted octanol–water partition coefficient (Wildman–Crippen LogP) is 0.768. The van der Waals surface area contributed by atoms with Crippen LogP contribution in [0.3, 0.4) is 0 Å². The lowest BCUT2D eigenvalue weighted by atomic mass is 10.2. The van der Waals surface area contributed by atoms with Crippen LogP contribution in [-0.2, 0) is 11.3 Å². The third-order valence-electron chi connectivity index (χ3n) is 3.47. The number of hydrogen-bond donors (Lipinski definition) is 2. The number of aliphatic hydroxyl groups is 1. The van der Waals surface area contributed by atoms with Gasteiger partial charge in [0.1, 0.15) is 5.75 Å². The van der Waals surface area contributed by atoms with Crippen LogP contribution < -0.4 is 10.1 Å². The molecule has 110 valence electrons. The fourth-order valence-electron chi connectivity index (χ4n) is 2.34. The molecule has 0 radical (unpaired) electrons. The zero-order valence-electron chi connectivity index (χ0n) is 11.8. The molecule has 2 N–H and O–H groups in total. The number of hydrogen-bond acceptors (Lipinski definition) is 4. The number of carbonyl (C=O) groups is 1. The van der Waals surface area contributed by atoms with Crippen molar-refractivity contribution in [2.24, 2.45) is 0 Å². The van der Waals surface area contributed by atoms with Crippen LogP contribution in [0.5, 0.6) is 5.75 Å². The number of nitrogens with zero attached hydrogens (tertiary/aromatic N) is 1. The summed E-state index contributed by atoms with van der Waals surface area (Å²) in [7, 11) is 1.64. The van der Waals surface area contributed by atoms with Crippen molar-refractivity contribution in [2.45, 2.75) is 25.5 Å². The number of carbonyl (C=O) groups excluding carboxylic acids is 1. The molecule has 1 aromatic rings. The molecule has 1 unspecified atom stereocenters. The molecule has 0 spiro atoms. The maximum atomic E-state index is 11.4. The minimum absolute atomic E-state index is 0.152. The summed E-state index contributed by atoms with van der Waals surface area (Å²) in [6.07, 6.45) is 1.01. The smallest absolute Gasteiger partial charge is 0.222 e. The molecule has 1 aliphatic rings. The summed E-state index contributed by atoms with van der Waals surface area (Å²) in [5, 5.41) is 13.1. The van der Waals surface area contributed by atoms with Gasteiger partial charge in [0.2, 0.25) is 5.91 Å². The molecular weight excluding hydrogens is 256 g/mol. The van der Waals surface area contributed by atoms with E-state index in [4.69, 9.17) is 4.74 Å². The second-order valence-corrected chi connectivity index (χ2v) is 5.08. The van der Waals surface area contributed by atoms with Crippen LogP contribution in [0.1, 0.15) is 18.4 Å². The molecule has 1 saturated heterocycles. The van der Waals surface area contributed by atoms with Gasteiger partial charge in [-0.3, -0.25) is 4.79 Å². The van der Waals surface area contributed by atoms with Gasteiger partial charge in [-0.05, 0) is 24.1 Å². The maximum Gasteiger partial charge on any atom is 0.222 e. The number of nitrogens with one attached hydrogen (secondary N) is 1. The Morgan fingerprint density at radius 1 is 1.40 bits per heavy atom. The highest BCUT2D eigenvalue weighted by atomic mass is 16.5. The van der Waals surface area contributed by atoms with Crippen LogP contribution in [-0.4, -0.2) is 48.8 Å². The average molecular weight is 278 g/mol. The van der Waals surface area contributed by atoms with Crippen molar-refractivity contribution in [3.05, 3.63) is 29.8 Å². The molecule has 1 amide bonds. The van der Waals surface area contributed by atoms with Gasteiger partial charge >= 0.3 is 0 Å². The number of ether oxygens (including phenoxy) is 1. The van der Waals surface area contributed by atoms with Crippen molar-refractivity contribution in [1.82, 2.24) is 10.2 Å². The quantitative estimate of drug-likeness (QED) is 0.773. The van der Waals surface area contributed by atoms with Crippen molar-refractivity contribution in [3.63, 3.8) is 0 Å². The maximum absolute atomic E-state index is 11.4. The lowest BCUT2D eigenvalue weighted by Gasteiger charge is -2.20. The Morgan fingerprint density at radius 2 is 2.15 bits per heavy atom. The number of benzene rings is 1. The Morgan fingerprint density at radius 3 is 2.75 bits per heavy atom. The highest BCUT2D eigenvalue weighted by Crippen LogP contribution is 2.11. The SMILES string of the molecule is COc1ccc(CNCC(O)CN2CCCC2=O)cc1. The summed E-state index contributed by atoms with van der Waals surface area (Å²) in [6, 6.07) is 7.80. The van der Waals surface area contributed by atoms with Gasteiger partial charge in [-0.15, -0.1) is 0 Å². The molecule has 5 nitrogen and oxygen atoms in total. The molecule has 5 heteroatoms. The molecule has 0 aromatic heterocycles. The third kappa shape index (κ3) is 4.21. The summed E-state index contributed by atoms with van der Waals surface area (Å²) < 4.78 is 5.10. The minimum Gasteiger partial charge on any atom is -0.497 e. The van der Waals surface area contributed by atoms with Crippen LogP contribution in [0, 0.1) is 0 Å².